The molecule has 0 amide bonds. The Kier molecular flexibility index (Phi) is 5.44. The van der Waals surface area contributed by atoms with Gasteiger partial charge in [-0.1, -0.05) is 0 Å². The van der Waals surface area contributed by atoms with Gasteiger partial charge < -0.3 is 10.2 Å². The molecule has 1 rings (SSSR count). The third kappa shape index (κ3) is 5.99. The van der Waals surface area contributed by atoms with Crippen molar-refractivity contribution in [2.75, 3.05) is 20.1 Å². The van der Waals surface area contributed by atoms with Crippen molar-refractivity contribution in [3.05, 3.63) is 20.8 Å². The summed E-state index contributed by atoms with van der Waals surface area (Å²) in [5.74, 6) is 0. The first-order valence-corrected chi connectivity index (χ1v) is 7.15. The van der Waals surface area contributed by atoms with Crippen LogP contribution in [0.1, 0.15) is 25.6 Å². The molecule has 1 N–H and O–H groups in total. The highest BCUT2D eigenvalue weighted by Gasteiger charge is 2.09. The first-order chi connectivity index (χ1) is 7.37. The molecule has 1 heterocycles. The Hall–Kier alpha value is 0.1000. The van der Waals surface area contributed by atoms with Crippen LogP contribution in [0.2, 0.25) is 0 Å². The number of hydrogen-bond donors (Lipinski definition) is 1. The van der Waals surface area contributed by atoms with Gasteiger partial charge in [-0.05, 0) is 55.9 Å². The number of nitrogens with one attached hydrogen (secondary N) is 1. The van der Waals surface area contributed by atoms with E-state index in [-0.39, 0.29) is 5.54 Å². The number of hydrogen-bond acceptors (Lipinski definition) is 3. The maximum absolute atomic E-state index is 3.50. The zero-order valence-corrected chi connectivity index (χ0v) is 12.9. The molecule has 92 valence electrons. The molecule has 0 saturated carbocycles. The second-order valence-electron chi connectivity index (χ2n) is 5.12. The smallest absolute Gasteiger partial charge is 0.0701 e. The van der Waals surface area contributed by atoms with Crippen LogP contribution >= 0.6 is 27.3 Å². The second kappa shape index (κ2) is 6.15. The van der Waals surface area contributed by atoms with Crippen LogP contribution in [0.15, 0.2) is 15.9 Å². The topological polar surface area (TPSA) is 15.3 Å². The van der Waals surface area contributed by atoms with E-state index in [9.17, 15) is 0 Å². The zero-order chi connectivity index (χ0) is 12.2. The molecule has 0 aliphatic heterocycles. The first-order valence-electron chi connectivity index (χ1n) is 5.54. The lowest BCUT2D eigenvalue weighted by Crippen LogP contribution is -2.40. The van der Waals surface area contributed by atoms with Gasteiger partial charge in [-0.2, -0.15) is 0 Å². The number of rotatable bonds is 5. The third-order valence-corrected chi connectivity index (χ3v) is 3.81. The number of nitrogens with zero attached hydrogens (tertiary/aromatic N) is 1. The fourth-order valence-electron chi connectivity index (χ4n) is 1.40. The van der Waals surface area contributed by atoms with Crippen molar-refractivity contribution in [3.8, 4) is 0 Å². The van der Waals surface area contributed by atoms with Crippen molar-refractivity contribution in [1.82, 2.24) is 10.2 Å². The third-order valence-electron chi connectivity index (χ3n) is 2.20. The molecule has 0 aliphatic carbocycles. The van der Waals surface area contributed by atoms with Gasteiger partial charge in [0.05, 0.1) is 3.79 Å². The normalized spacial score (nSPS) is 12.4. The van der Waals surface area contributed by atoms with Gasteiger partial charge in [-0.25, -0.2) is 0 Å². The summed E-state index contributed by atoms with van der Waals surface area (Å²) in [6.07, 6.45) is 0. The van der Waals surface area contributed by atoms with Crippen molar-refractivity contribution < 1.29 is 0 Å². The van der Waals surface area contributed by atoms with Crippen LogP contribution in [0, 0.1) is 0 Å². The molecule has 0 aliphatic rings. The predicted octanol–water partition coefficient (Wildman–Crippen LogP) is 3.33. The van der Waals surface area contributed by atoms with Crippen LogP contribution in [-0.2, 0) is 6.54 Å². The van der Waals surface area contributed by atoms with Crippen molar-refractivity contribution in [1.29, 1.82) is 0 Å². The summed E-state index contributed by atoms with van der Waals surface area (Å²) in [5.41, 5.74) is 0.215. The maximum Gasteiger partial charge on any atom is 0.0701 e. The molecule has 16 heavy (non-hydrogen) atoms. The van der Waals surface area contributed by atoms with E-state index in [4.69, 9.17) is 0 Å². The summed E-state index contributed by atoms with van der Waals surface area (Å²) < 4.78 is 1.21. The summed E-state index contributed by atoms with van der Waals surface area (Å²) in [4.78, 5) is 3.75. The molecule has 2 nitrogen and oxygen atoms in total. The highest BCUT2D eigenvalue weighted by atomic mass is 79.9. The fraction of sp³-hybridized carbons (Fsp3) is 0.667. The lowest BCUT2D eigenvalue weighted by molar-refractivity contribution is 0.305. The van der Waals surface area contributed by atoms with Crippen molar-refractivity contribution >= 4 is 27.3 Å². The van der Waals surface area contributed by atoms with E-state index >= 15 is 0 Å². The molecular formula is C12H21BrN2S. The molecule has 1 aromatic heterocycles. The van der Waals surface area contributed by atoms with Gasteiger partial charge in [0.25, 0.3) is 0 Å². The molecule has 0 radical (unpaired) electrons. The Labute approximate surface area is 111 Å². The SMILES string of the molecule is CN(CCNC(C)(C)C)Cc1ccc(Br)s1. The Morgan fingerprint density at radius 1 is 1.38 bits per heavy atom. The lowest BCUT2D eigenvalue weighted by atomic mass is 10.1. The zero-order valence-electron chi connectivity index (χ0n) is 10.5. The molecule has 0 atom stereocenters. The first kappa shape index (κ1) is 14.2. The van der Waals surface area contributed by atoms with Crippen LogP contribution < -0.4 is 5.32 Å². The molecule has 0 fully saturated rings. The average Bonchev–Trinajstić information content (AvgIpc) is 2.48. The van der Waals surface area contributed by atoms with Crippen molar-refractivity contribution in [3.63, 3.8) is 0 Å². The van der Waals surface area contributed by atoms with Gasteiger partial charge >= 0.3 is 0 Å². The highest BCUT2D eigenvalue weighted by Crippen LogP contribution is 2.22. The lowest BCUT2D eigenvalue weighted by Gasteiger charge is -2.23. The van der Waals surface area contributed by atoms with E-state index in [0.717, 1.165) is 19.6 Å². The van der Waals surface area contributed by atoms with E-state index < -0.39 is 0 Å². The number of likely N-dealkylation sites (N-methyl/N-ethyl adjacent to an activating group) is 1. The van der Waals surface area contributed by atoms with E-state index in [2.05, 4.69) is 66.1 Å². The van der Waals surface area contributed by atoms with Crippen LogP contribution in [0.25, 0.3) is 0 Å². The van der Waals surface area contributed by atoms with Gasteiger partial charge in [-0.15, -0.1) is 11.3 Å². The molecule has 0 aromatic carbocycles. The standard InChI is InChI=1S/C12H21BrN2S/c1-12(2,3)14-7-8-15(4)9-10-5-6-11(13)16-10/h5-6,14H,7-9H2,1-4H3. The number of halogens is 1. The van der Waals surface area contributed by atoms with Gasteiger partial charge in [0, 0.05) is 30.1 Å². The molecule has 0 bridgehead atoms. The molecule has 1 aromatic rings. The summed E-state index contributed by atoms with van der Waals surface area (Å²) >= 11 is 5.30. The summed E-state index contributed by atoms with van der Waals surface area (Å²) in [5, 5.41) is 3.50. The van der Waals surface area contributed by atoms with Gasteiger partial charge in [0.1, 0.15) is 0 Å². The molecule has 0 unspecified atom stereocenters. The molecular weight excluding hydrogens is 284 g/mol. The molecule has 0 saturated heterocycles. The maximum atomic E-state index is 3.50. The van der Waals surface area contributed by atoms with E-state index in [1.807, 2.05) is 11.3 Å². The monoisotopic (exact) mass is 304 g/mol. The van der Waals surface area contributed by atoms with Crippen molar-refractivity contribution in [2.45, 2.75) is 32.9 Å². The van der Waals surface area contributed by atoms with Gasteiger partial charge in [0.2, 0.25) is 0 Å². The minimum absolute atomic E-state index is 0.215. The Bertz CT molecular complexity index is 317. The Morgan fingerprint density at radius 3 is 2.56 bits per heavy atom. The fourth-order valence-corrected chi connectivity index (χ4v) is 2.97. The Morgan fingerprint density at radius 2 is 2.06 bits per heavy atom. The highest BCUT2D eigenvalue weighted by molar-refractivity contribution is 9.11. The van der Waals surface area contributed by atoms with Crippen LogP contribution in [-0.4, -0.2) is 30.6 Å². The van der Waals surface area contributed by atoms with E-state index in [1.54, 1.807) is 0 Å². The average molecular weight is 305 g/mol. The van der Waals surface area contributed by atoms with Crippen LogP contribution in [0.5, 0.6) is 0 Å². The second-order valence-corrected chi connectivity index (χ2v) is 7.67. The van der Waals surface area contributed by atoms with Gasteiger partial charge in [-0.3, -0.25) is 0 Å². The number of thiophene rings is 1. The quantitative estimate of drug-likeness (QED) is 0.897. The molecule has 4 heteroatoms. The van der Waals surface area contributed by atoms with Gasteiger partial charge in [0.15, 0.2) is 0 Å². The van der Waals surface area contributed by atoms with Crippen LogP contribution in [0.3, 0.4) is 0 Å². The van der Waals surface area contributed by atoms with Crippen LogP contribution in [0.4, 0.5) is 0 Å². The Balaban J connectivity index is 2.23. The minimum atomic E-state index is 0.215. The van der Waals surface area contributed by atoms with E-state index in [1.165, 1.54) is 8.66 Å². The largest absolute Gasteiger partial charge is 0.311 e. The summed E-state index contributed by atoms with van der Waals surface area (Å²) in [7, 11) is 2.16. The summed E-state index contributed by atoms with van der Waals surface area (Å²) in [6.45, 7) is 9.73. The van der Waals surface area contributed by atoms with E-state index in [0.29, 0.717) is 0 Å². The molecule has 0 spiro atoms. The predicted molar refractivity (Wildman–Crippen MR) is 76.1 cm³/mol. The van der Waals surface area contributed by atoms with Crippen molar-refractivity contribution in [2.24, 2.45) is 0 Å². The minimum Gasteiger partial charge on any atom is -0.311 e. The summed E-state index contributed by atoms with van der Waals surface area (Å²) in [6, 6.07) is 4.30.